The van der Waals surface area contributed by atoms with Crippen molar-refractivity contribution in [1.29, 1.82) is 0 Å². The molecule has 0 radical (unpaired) electrons. The largest absolute Gasteiger partial charge is 0.352 e. The molecule has 0 unspecified atom stereocenters. The van der Waals surface area contributed by atoms with E-state index in [0.717, 1.165) is 16.6 Å². The minimum atomic E-state index is -0.00358. The second kappa shape index (κ2) is 4.97. The first kappa shape index (κ1) is 12.9. The zero-order valence-corrected chi connectivity index (χ0v) is 12.0. The second-order valence-corrected chi connectivity index (χ2v) is 6.00. The van der Waals surface area contributed by atoms with Gasteiger partial charge in [0.05, 0.1) is 12.2 Å². The molecule has 5 nitrogen and oxygen atoms in total. The van der Waals surface area contributed by atoms with Crippen LogP contribution in [0.25, 0.3) is 4.96 Å². The molecular formula is C12H19N5S. The van der Waals surface area contributed by atoms with Crippen LogP contribution in [0.1, 0.15) is 26.5 Å². The van der Waals surface area contributed by atoms with Gasteiger partial charge < -0.3 is 10.6 Å². The van der Waals surface area contributed by atoms with Gasteiger partial charge in [0.1, 0.15) is 0 Å². The Bertz CT molecular complexity index is 518. The van der Waals surface area contributed by atoms with Crippen LogP contribution in [0.4, 0.5) is 0 Å². The molecule has 0 spiro atoms. The highest BCUT2D eigenvalue weighted by Crippen LogP contribution is 2.11. The molecule has 18 heavy (non-hydrogen) atoms. The van der Waals surface area contributed by atoms with E-state index in [1.165, 1.54) is 0 Å². The minimum Gasteiger partial charge on any atom is -0.352 e. The van der Waals surface area contributed by atoms with E-state index >= 15 is 0 Å². The number of fused-ring (bicyclic) bond motifs is 1. The maximum Gasteiger partial charge on any atom is 0.193 e. The van der Waals surface area contributed by atoms with Crippen LogP contribution >= 0.6 is 11.3 Å². The van der Waals surface area contributed by atoms with Gasteiger partial charge in [-0.1, -0.05) is 0 Å². The lowest BCUT2D eigenvalue weighted by Gasteiger charge is -2.23. The normalized spacial score (nSPS) is 13.0. The van der Waals surface area contributed by atoms with Crippen molar-refractivity contribution < 1.29 is 0 Å². The van der Waals surface area contributed by atoms with E-state index < -0.39 is 0 Å². The zero-order valence-electron chi connectivity index (χ0n) is 11.2. The number of guanidine groups is 1. The van der Waals surface area contributed by atoms with E-state index in [0.29, 0.717) is 6.54 Å². The zero-order chi connectivity index (χ0) is 13.2. The third-order valence-electron chi connectivity index (χ3n) is 2.30. The highest BCUT2D eigenvalue weighted by molar-refractivity contribution is 7.15. The Labute approximate surface area is 111 Å². The van der Waals surface area contributed by atoms with Crippen molar-refractivity contribution in [3.8, 4) is 0 Å². The Morgan fingerprint density at radius 3 is 2.89 bits per heavy atom. The summed E-state index contributed by atoms with van der Waals surface area (Å²) in [6.45, 7) is 6.98. The van der Waals surface area contributed by atoms with E-state index in [2.05, 4.69) is 41.4 Å². The topological polar surface area (TPSA) is 53.7 Å². The van der Waals surface area contributed by atoms with Gasteiger partial charge >= 0.3 is 0 Å². The second-order valence-electron chi connectivity index (χ2n) is 5.13. The van der Waals surface area contributed by atoms with Crippen LogP contribution < -0.4 is 10.6 Å². The molecule has 0 saturated heterocycles. The number of nitrogens with one attached hydrogen (secondary N) is 2. The standard InChI is InChI=1S/C12H19N5S/c1-12(2,3)16-10(13-4)14-7-9-8-17-5-6-18-11(17)15-9/h5-6,8H,7H2,1-4H3,(H2,13,14,16). The summed E-state index contributed by atoms with van der Waals surface area (Å²) in [5.41, 5.74) is 1.01. The fraction of sp³-hybridized carbons (Fsp3) is 0.500. The number of imidazole rings is 1. The molecule has 2 N–H and O–H groups in total. The van der Waals surface area contributed by atoms with Crippen molar-refractivity contribution in [1.82, 2.24) is 20.0 Å². The molecule has 0 atom stereocenters. The van der Waals surface area contributed by atoms with E-state index in [1.54, 1.807) is 18.4 Å². The van der Waals surface area contributed by atoms with Crippen molar-refractivity contribution in [2.45, 2.75) is 32.9 Å². The molecule has 0 aliphatic carbocycles. The Morgan fingerprint density at radius 2 is 2.28 bits per heavy atom. The molecule has 2 aromatic heterocycles. The Kier molecular flexibility index (Phi) is 3.56. The first-order chi connectivity index (χ1) is 8.48. The smallest absolute Gasteiger partial charge is 0.193 e. The number of aromatic nitrogens is 2. The molecule has 0 aliphatic heterocycles. The number of aliphatic imine (C=N–C) groups is 1. The Morgan fingerprint density at radius 1 is 1.50 bits per heavy atom. The lowest BCUT2D eigenvalue weighted by molar-refractivity contribution is 0.501. The van der Waals surface area contributed by atoms with Crippen LogP contribution in [0.3, 0.4) is 0 Å². The average molecular weight is 265 g/mol. The summed E-state index contributed by atoms with van der Waals surface area (Å²) < 4.78 is 2.03. The fourth-order valence-corrected chi connectivity index (χ4v) is 2.29. The van der Waals surface area contributed by atoms with E-state index in [4.69, 9.17) is 0 Å². The Balaban J connectivity index is 1.96. The summed E-state index contributed by atoms with van der Waals surface area (Å²) in [5, 5.41) is 8.60. The van der Waals surface area contributed by atoms with Gasteiger partial charge in [-0.2, -0.15) is 0 Å². The molecule has 0 bridgehead atoms. The molecule has 2 heterocycles. The van der Waals surface area contributed by atoms with E-state index in [9.17, 15) is 0 Å². The molecule has 2 rings (SSSR count). The van der Waals surface area contributed by atoms with Crippen molar-refractivity contribution in [2.75, 3.05) is 7.05 Å². The van der Waals surface area contributed by atoms with Crippen LogP contribution in [0.15, 0.2) is 22.8 Å². The van der Waals surface area contributed by atoms with Gasteiger partial charge in [-0.05, 0) is 20.8 Å². The monoisotopic (exact) mass is 265 g/mol. The minimum absolute atomic E-state index is 0.00358. The van der Waals surface area contributed by atoms with Gasteiger partial charge in [0, 0.05) is 30.4 Å². The summed E-state index contributed by atoms with van der Waals surface area (Å²) in [6.07, 6.45) is 4.04. The number of hydrogen-bond donors (Lipinski definition) is 2. The molecule has 6 heteroatoms. The molecule has 0 saturated carbocycles. The number of thiazole rings is 1. The summed E-state index contributed by atoms with van der Waals surface area (Å²) >= 11 is 1.64. The third kappa shape index (κ3) is 3.22. The van der Waals surface area contributed by atoms with Gasteiger partial charge in [0.2, 0.25) is 0 Å². The first-order valence-corrected chi connectivity index (χ1v) is 6.76. The van der Waals surface area contributed by atoms with E-state index in [1.807, 2.05) is 22.2 Å². The van der Waals surface area contributed by atoms with Crippen LogP contribution in [0.2, 0.25) is 0 Å². The molecule has 2 aromatic rings. The highest BCUT2D eigenvalue weighted by atomic mass is 32.1. The quantitative estimate of drug-likeness (QED) is 0.644. The Hall–Kier alpha value is -1.56. The third-order valence-corrected chi connectivity index (χ3v) is 3.07. The highest BCUT2D eigenvalue weighted by Gasteiger charge is 2.12. The van der Waals surface area contributed by atoms with Crippen LogP contribution in [0.5, 0.6) is 0 Å². The molecular weight excluding hydrogens is 246 g/mol. The summed E-state index contributed by atoms with van der Waals surface area (Å²) in [6, 6.07) is 0. The molecule has 0 fully saturated rings. The SMILES string of the molecule is CN=C(NCc1cn2ccsc2n1)NC(C)(C)C. The lowest BCUT2D eigenvalue weighted by Crippen LogP contribution is -2.47. The number of nitrogens with zero attached hydrogens (tertiary/aromatic N) is 3. The van der Waals surface area contributed by atoms with Crippen molar-refractivity contribution in [2.24, 2.45) is 4.99 Å². The summed E-state index contributed by atoms with van der Waals surface area (Å²) in [4.78, 5) is 9.72. The maximum atomic E-state index is 4.51. The van der Waals surface area contributed by atoms with Crippen molar-refractivity contribution >= 4 is 22.3 Å². The predicted molar refractivity (Wildman–Crippen MR) is 76.2 cm³/mol. The van der Waals surface area contributed by atoms with Gasteiger partial charge in [-0.15, -0.1) is 11.3 Å². The van der Waals surface area contributed by atoms with Crippen molar-refractivity contribution in [3.05, 3.63) is 23.5 Å². The average Bonchev–Trinajstić information content (AvgIpc) is 2.82. The predicted octanol–water partition coefficient (Wildman–Crippen LogP) is 1.86. The number of rotatable bonds is 2. The lowest BCUT2D eigenvalue weighted by atomic mass is 10.1. The molecule has 98 valence electrons. The van der Waals surface area contributed by atoms with Gasteiger partial charge in [0.15, 0.2) is 10.9 Å². The van der Waals surface area contributed by atoms with Gasteiger partial charge in [-0.3, -0.25) is 9.39 Å². The van der Waals surface area contributed by atoms with E-state index in [-0.39, 0.29) is 5.54 Å². The molecule has 0 aromatic carbocycles. The summed E-state index contributed by atoms with van der Waals surface area (Å²) in [7, 11) is 1.77. The van der Waals surface area contributed by atoms with Gasteiger partial charge in [0.25, 0.3) is 0 Å². The van der Waals surface area contributed by atoms with Crippen molar-refractivity contribution in [3.63, 3.8) is 0 Å². The van der Waals surface area contributed by atoms with Crippen LogP contribution in [0, 0.1) is 0 Å². The van der Waals surface area contributed by atoms with Crippen LogP contribution in [-0.2, 0) is 6.54 Å². The number of hydrogen-bond acceptors (Lipinski definition) is 3. The first-order valence-electron chi connectivity index (χ1n) is 5.88. The summed E-state index contributed by atoms with van der Waals surface area (Å²) in [5.74, 6) is 0.791. The molecule has 0 aliphatic rings. The van der Waals surface area contributed by atoms with Gasteiger partial charge in [-0.25, -0.2) is 4.98 Å². The fourth-order valence-electron chi connectivity index (χ4n) is 1.57. The molecule has 0 amide bonds. The van der Waals surface area contributed by atoms with Crippen LogP contribution in [-0.4, -0.2) is 27.9 Å². The maximum absolute atomic E-state index is 4.51.